The maximum Gasteiger partial charge on any atom is 0.397 e. The lowest BCUT2D eigenvalue weighted by molar-refractivity contribution is -0.159. The summed E-state index contributed by atoms with van der Waals surface area (Å²) < 4.78 is 37.1. The van der Waals surface area contributed by atoms with Gasteiger partial charge in [-0.25, -0.2) is 14.8 Å². The summed E-state index contributed by atoms with van der Waals surface area (Å²) in [5.41, 5.74) is 5.85. The molecule has 0 aliphatic carbocycles. The number of nitrogens with zero attached hydrogens (tertiary/aromatic N) is 4. The maximum atomic E-state index is 12.4. The Morgan fingerprint density at radius 1 is 1.42 bits per heavy atom. The summed E-state index contributed by atoms with van der Waals surface area (Å²) in [5.74, 6) is -3.34. The number of aromatic nitrogens is 4. The number of anilines is 1. The Kier molecular flexibility index (Phi) is 5.20. The fourth-order valence-corrected chi connectivity index (χ4v) is 5.49. The second-order valence-electron chi connectivity index (χ2n) is 6.45. The van der Waals surface area contributed by atoms with E-state index >= 15 is 0 Å². The molecule has 4 heterocycles. The molecule has 2 aliphatic heterocycles. The zero-order chi connectivity index (χ0) is 22.5. The number of alkyl halides is 3. The molecule has 0 radical (unpaired) electrons. The molecule has 164 valence electrons. The monoisotopic (exact) mass is 475 g/mol. The number of nitrogen functional groups attached to an aromatic ring is 1. The summed E-state index contributed by atoms with van der Waals surface area (Å²) in [7, 11) is 0. The van der Waals surface area contributed by atoms with Crippen LogP contribution in [0.2, 0.25) is 0 Å². The number of hydrogen-bond donors (Lipinski definition) is 4. The lowest BCUT2D eigenvalue weighted by Gasteiger charge is -2.49. The highest BCUT2D eigenvalue weighted by atomic mass is 32.2. The van der Waals surface area contributed by atoms with Gasteiger partial charge in [0.15, 0.2) is 10.8 Å². The van der Waals surface area contributed by atoms with E-state index in [0.29, 0.717) is 11.0 Å². The average Bonchev–Trinajstić information content (AvgIpc) is 3.13. The summed E-state index contributed by atoms with van der Waals surface area (Å²) in [6, 6.07) is -1.24. The highest BCUT2D eigenvalue weighted by Gasteiger charge is 2.54. The molecule has 2 aromatic heterocycles. The van der Waals surface area contributed by atoms with Crippen LogP contribution in [0.3, 0.4) is 0 Å². The van der Waals surface area contributed by atoms with Crippen LogP contribution in [-0.4, -0.2) is 71.3 Å². The van der Waals surface area contributed by atoms with E-state index in [4.69, 9.17) is 5.73 Å². The second-order valence-corrected chi connectivity index (χ2v) is 8.62. The van der Waals surface area contributed by atoms with Gasteiger partial charge >= 0.3 is 12.1 Å². The van der Waals surface area contributed by atoms with Crippen LogP contribution in [0.5, 0.6) is 0 Å². The van der Waals surface area contributed by atoms with Gasteiger partial charge < -0.3 is 16.2 Å². The van der Waals surface area contributed by atoms with Gasteiger partial charge in [-0.2, -0.15) is 18.3 Å². The van der Waals surface area contributed by atoms with Crippen LogP contribution in [0, 0.1) is 0 Å². The SMILES string of the molecule is Nc1nc(SC2=C(C(=O)O)N3C(=O)C(NC(=O)CC(F)(F)F)[C@H]3SC2)nc2[nH]ncc12. The average molecular weight is 475 g/mol. The Morgan fingerprint density at radius 2 is 2.16 bits per heavy atom. The predicted molar refractivity (Wildman–Crippen MR) is 102 cm³/mol. The second kappa shape index (κ2) is 7.60. The highest BCUT2D eigenvalue weighted by Crippen LogP contribution is 2.45. The Balaban J connectivity index is 1.56. The number of halogens is 3. The summed E-state index contributed by atoms with van der Waals surface area (Å²) in [6.45, 7) is 0. The number of H-pyrrole nitrogens is 1. The minimum absolute atomic E-state index is 0.108. The Morgan fingerprint density at radius 3 is 2.84 bits per heavy atom. The van der Waals surface area contributed by atoms with E-state index in [-0.39, 0.29) is 27.3 Å². The molecule has 11 nitrogen and oxygen atoms in total. The summed E-state index contributed by atoms with van der Waals surface area (Å²) in [4.78, 5) is 45.3. The number of nitrogens with one attached hydrogen (secondary N) is 2. The number of aromatic amines is 1. The van der Waals surface area contributed by atoms with Crippen molar-refractivity contribution in [3.05, 3.63) is 16.8 Å². The Labute approximate surface area is 179 Å². The first-order chi connectivity index (χ1) is 14.5. The number of fused-ring (bicyclic) bond motifs is 2. The van der Waals surface area contributed by atoms with E-state index in [1.165, 1.54) is 6.20 Å². The normalized spacial score (nSPS) is 21.1. The minimum Gasteiger partial charge on any atom is -0.477 e. The molecule has 1 saturated heterocycles. The lowest BCUT2D eigenvalue weighted by Crippen LogP contribution is -2.70. The fourth-order valence-electron chi connectivity index (χ4n) is 3.07. The molecule has 0 bridgehead atoms. The third-order valence-electron chi connectivity index (χ3n) is 4.35. The number of aliphatic carboxylic acids is 1. The van der Waals surface area contributed by atoms with Crippen LogP contribution >= 0.6 is 23.5 Å². The number of nitrogens with two attached hydrogens (primary N) is 1. The molecule has 2 atom stereocenters. The van der Waals surface area contributed by atoms with Crippen molar-refractivity contribution in [2.45, 2.75) is 29.2 Å². The first-order valence-corrected chi connectivity index (χ1v) is 10.3. The first kappa shape index (κ1) is 21.2. The van der Waals surface area contributed by atoms with Crippen LogP contribution in [-0.2, 0) is 14.4 Å². The molecule has 1 fully saturated rings. The predicted octanol–water partition coefficient (Wildman–Crippen LogP) is 0.676. The van der Waals surface area contributed by atoms with Crippen LogP contribution in [0.4, 0.5) is 19.0 Å². The van der Waals surface area contributed by atoms with Crippen molar-refractivity contribution >= 4 is 58.2 Å². The fraction of sp³-hybridized carbons (Fsp3) is 0.333. The summed E-state index contributed by atoms with van der Waals surface area (Å²) in [6.07, 6.45) is -5.01. The Bertz CT molecular complexity index is 1140. The van der Waals surface area contributed by atoms with Gasteiger partial charge in [0.05, 0.1) is 11.6 Å². The molecule has 16 heteroatoms. The summed E-state index contributed by atoms with van der Waals surface area (Å²) in [5, 5.41) is 17.9. The molecule has 1 unspecified atom stereocenters. The lowest BCUT2D eigenvalue weighted by atomic mass is 10.0. The van der Waals surface area contributed by atoms with Crippen LogP contribution in [0.25, 0.3) is 11.0 Å². The van der Waals surface area contributed by atoms with Gasteiger partial charge in [0, 0.05) is 10.7 Å². The number of hydrogen-bond acceptors (Lipinski definition) is 9. The van der Waals surface area contributed by atoms with E-state index in [1.807, 2.05) is 5.32 Å². The van der Waals surface area contributed by atoms with Gasteiger partial charge in [-0.15, -0.1) is 11.8 Å². The van der Waals surface area contributed by atoms with Gasteiger partial charge in [0.25, 0.3) is 5.91 Å². The third kappa shape index (κ3) is 3.99. The number of thioether (sulfide) groups is 2. The standard InChI is InChI=1S/C15H12F3N7O4S2/c16-15(17,18)1-6(26)21-7-11(27)25-8(13(28)29)5(3-30-12(7)25)31-14-22-9(19)4-2-20-24-10(4)23-14/h2,7,12H,1,3H2,(H,21,26)(H,28,29)(H3,19,20,22,23,24)/t7?,12-/m1/s1. The van der Waals surface area contributed by atoms with Gasteiger partial charge in [-0.05, 0) is 0 Å². The highest BCUT2D eigenvalue weighted by molar-refractivity contribution is 8.06. The van der Waals surface area contributed by atoms with E-state index in [9.17, 15) is 32.7 Å². The number of carbonyl (C=O) groups excluding carboxylic acids is 2. The van der Waals surface area contributed by atoms with Crippen molar-refractivity contribution in [3.8, 4) is 0 Å². The number of β-lactam (4-membered cyclic amide) rings is 1. The van der Waals surface area contributed by atoms with E-state index < -0.39 is 41.8 Å². The van der Waals surface area contributed by atoms with Crippen molar-refractivity contribution in [3.63, 3.8) is 0 Å². The van der Waals surface area contributed by atoms with Crippen molar-refractivity contribution in [1.29, 1.82) is 0 Å². The topological polar surface area (TPSA) is 167 Å². The van der Waals surface area contributed by atoms with Crippen molar-refractivity contribution in [1.82, 2.24) is 30.4 Å². The quantitative estimate of drug-likeness (QED) is 0.356. The molecule has 2 aromatic rings. The van der Waals surface area contributed by atoms with Crippen LogP contribution < -0.4 is 11.1 Å². The van der Waals surface area contributed by atoms with E-state index in [1.54, 1.807) is 0 Å². The molecule has 4 rings (SSSR count). The number of rotatable bonds is 5. The van der Waals surface area contributed by atoms with Crippen molar-refractivity contribution < 1.29 is 32.7 Å². The van der Waals surface area contributed by atoms with Crippen molar-refractivity contribution in [2.75, 3.05) is 11.5 Å². The molecule has 31 heavy (non-hydrogen) atoms. The molecule has 0 spiro atoms. The first-order valence-electron chi connectivity index (χ1n) is 8.47. The van der Waals surface area contributed by atoms with Crippen LogP contribution in [0.1, 0.15) is 6.42 Å². The number of carbonyl (C=O) groups is 3. The molecule has 5 N–H and O–H groups in total. The van der Waals surface area contributed by atoms with Gasteiger partial charge in [-0.3, -0.25) is 19.6 Å². The van der Waals surface area contributed by atoms with Crippen molar-refractivity contribution in [2.24, 2.45) is 0 Å². The van der Waals surface area contributed by atoms with Gasteiger partial charge in [-0.1, -0.05) is 11.8 Å². The minimum atomic E-state index is -4.72. The molecule has 0 saturated carbocycles. The number of amides is 2. The van der Waals surface area contributed by atoms with E-state index in [2.05, 4.69) is 20.2 Å². The zero-order valence-corrected chi connectivity index (χ0v) is 16.8. The van der Waals surface area contributed by atoms with Gasteiger partial charge in [0.1, 0.15) is 29.4 Å². The van der Waals surface area contributed by atoms with Gasteiger partial charge in [0.2, 0.25) is 5.91 Å². The summed E-state index contributed by atoms with van der Waals surface area (Å²) >= 11 is 2.00. The molecule has 2 aliphatic rings. The molecule has 0 aromatic carbocycles. The largest absolute Gasteiger partial charge is 0.477 e. The number of carboxylic acids is 1. The van der Waals surface area contributed by atoms with Crippen LogP contribution in [0.15, 0.2) is 22.0 Å². The molecular weight excluding hydrogens is 463 g/mol. The maximum absolute atomic E-state index is 12.4. The molecule has 2 amide bonds. The smallest absolute Gasteiger partial charge is 0.397 e. The third-order valence-corrected chi connectivity index (χ3v) is 6.76. The molecular formula is C15H12F3N7O4S2. The zero-order valence-electron chi connectivity index (χ0n) is 15.1. The Hall–Kier alpha value is -3.01. The number of carboxylic acid groups (broad SMARTS) is 1. The van der Waals surface area contributed by atoms with E-state index in [0.717, 1.165) is 28.4 Å².